The van der Waals surface area contributed by atoms with Crippen LogP contribution >= 0.6 is 8.58 Å². The summed E-state index contributed by atoms with van der Waals surface area (Å²) in [6.07, 6.45) is 1.92. The molecular weight excluding hydrogens is 394 g/mol. The lowest BCUT2D eigenvalue weighted by Gasteiger charge is -2.32. The molecule has 0 saturated carbocycles. The number of rotatable bonds is 9. The summed E-state index contributed by atoms with van der Waals surface area (Å²) in [7, 11) is 1.95. The SMILES string of the molecule is CCCC(C)(Pc1ccc(C)cc1F)c1cc(OC)ccc1OCc1ccccc1. The minimum atomic E-state index is -0.259. The summed E-state index contributed by atoms with van der Waals surface area (Å²) in [5.74, 6) is 1.48. The van der Waals surface area contributed by atoms with Gasteiger partial charge in [0, 0.05) is 16.0 Å². The Hall–Kier alpha value is -2.38. The third-order valence-corrected chi connectivity index (χ3v) is 7.05. The number of methoxy groups -OCH3 is 1. The Kier molecular flexibility index (Phi) is 7.50. The van der Waals surface area contributed by atoms with Crippen LogP contribution in [0.15, 0.2) is 66.7 Å². The van der Waals surface area contributed by atoms with E-state index in [-0.39, 0.29) is 19.6 Å². The van der Waals surface area contributed by atoms with Gasteiger partial charge in [-0.3, -0.25) is 0 Å². The molecule has 0 amide bonds. The van der Waals surface area contributed by atoms with E-state index in [0.29, 0.717) is 6.61 Å². The number of benzene rings is 3. The van der Waals surface area contributed by atoms with Gasteiger partial charge in [0.25, 0.3) is 0 Å². The molecule has 0 aromatic heterocycles. The highest BCUT2D eigenvalue weighted by molar-refractivity contribution is 7.48. The lowest BCUT2D eigenvalue weighted by atomic mass is 9.94. The summed E-state index contributed by atoms with van der Waals surface area (Å²) < 4.78 is 26.5. The molecule has 0 bridgehead atoms. The molecule has 0 aliphatic carbocycles. The van der Waals surface area contributed by atoms with E-state index < -0.39 is 0 Å². The van der Waals surface area contributed by atoms with Gasteiger partial charge in [-0.05, 0) is 48.7 Å². The molecule has 0 heterocycles. The largest absolute Gasteiger partial charge is 0.497 e. The third-order valence-electron chi connectivity index (χ3n) is 5.30. The number of hydrogen-bond donors (Lipinski definition) is 0. The van der Waals surface area contributed by atoms with Crippen molar-refractivity contribution in [3.05, 3.63) is 89.2 Å². The summed E-state index contributed by atoms with van der Waals surface area (Å²) in [6.45, 7) is 6.78. The molecule has 2 nitrogen and oxygen atoms in total. The summed E-state index contributed by atoms with van der Waals surface area (Å²) in [6, 6.07) is 21.6. The first-order chi connectivity index (χ1) is 14.4. The van der Waals surface area contributed by atoms with E-state index in [4.69, 9.17) is 9.47 Å². The fourth-order valence-corrected chi connectivity index (χ4v) is 5.37. The van der Waals surface area contributed by atoms with E-state index >= 15 is 0 Å². The Morgan fingerprint density at radius 2 is 1.77 bits per heavy atom. The van der Waals surface area contributed by atoms with Gasteiger partial charge < -0.3 is 9.47 Å². The third kappa shape index (κ3) is 5.40. The fraction of sp³-hybridized carbons (Fsp3) is 0.308. The van der Waals surface area contributed by atoms with Gasteiger partial charge in [0.15, 0.2) is 0 Å². The molecule has 3 aromatic carbocycles. The van der Waals surface area contributed by atoms with Crippen LogP contribution in [0.1, 0.15) is 43.4 Å². The van der Waals surface area contributed by atoms with Crippen LogP contribution in [0.4, 0.5) is 4.39 Å². The van der Waals surface area contributed by atoms with Crippen LogP contribution in [-0.4, -0.2) is 7.11 Å². The Morgan fingerprint density at radius 3 is 2.43 bits per heavy atom. The molecule has 30 heavy (non-hydrogen) atoms. The van der Waals surface area contributed by atoms with Crippen molar-refractivity contribution in [1.29, 1.82) is 0 Å². The second-order valence-electron chi connectivity index (χ2n) is 7.83. The quantitative estimate of drug-likeness (QED) is 0.354. The molecule has 0 N–H and O–H groups in total. The molecule has 158 valence electrons. The molecule has 2 atom stereocenters. The van der Waals surface area contributed by atoms with E-state index in [1.165, 1.54) is 0 Å². The van der Waals surface area contributed by atoms with Crippen LogP contribution in [0.3, 0.4) is 0 Å². The Bertz CT molecular complexity index is 974. The van der Waals surface area contributed by atoms with Crippen molar-refractivity contribution in [2.24, 2.45) is 0 Å². The normalized spacial score (nSPS) is 13.4. The molecule has 0 aliphatic heterocycles. The van der Waals surface area contributed by atoms with Gasteiger partial charge in [-0.25, -0.2) is 4.39 Å². The molecule has 0 saturated heterocycles. The average molecular weight is 424 g/mol. The van der Waals surface area contributed by atoms with Crippen LogP contribution < -0.4 is 14.8 Å². The van der Waals surface area contributed by atoms with Gasteiger partial charge in [-0.15, -0.1) is 0 Å². The van der Waals surface area contributed by atoms with Gasteiger partial charge in [0.1, 0.15) is 23.9 Å². The number of halogens is 1. The van der Waals surface area contributed by atoms with Gasteiger partial charge in [-0.1, -0.05) is 71.3 Å². The summed E-state index contributed by atoms with van der Waals surface area (Å²) in [5, 5.41) is 0.499. The summed E-state index contributed by atoms with van der Waals surface area (Å²) in [5.41, 5.74) is 3.12. The maximum absolute atomic E-state index is 14.7. The topological polar surface area (TPSA) is 18.5 Å². The monoisotopic (exact) mass is 424 g/mol. The van der Waals surface area contributed by atoms with Gasteiger partial charge in [0.2, 0.25) is 0 Å². The van der Waals surface area contributed by atoms with Crippen molar-refractivity contribution in [3.63, 3.8) is 0 Å². The van der Waals surface area contributed by atoms with Crippen LogP contribution in [0.25, 0.3) is 0 Å². The smallest absolute Gasteiger partial charge is 0.130 e. The lowest BCUT2D eigenvalue weighted by Crippen LogP contribution is -2.22. The first kappa shape index (κ1) is 22.3. The van der Waals surface area contributed by atoms with E-state index in [1.807, 2.05) is 49.4 Å². The van der Waals surface area contributed by atoms with E-state index in [2.05, 4.69) is 32.0 Å². The van der Waals surface area contributed by atoms with Crippen molar-refractivity contribution in [1.82, 2.24) is 0 Å². The second-order valence-corrected chi connectivity index (χ2v) is 9.72. The highest BCUT2D eigenvalue weighted by Gasteiger charge is 2.31. The zero-order chi connectivity index (χ0) is 21.6. The molecule has 3 rings (SSSR count). The number of aryl methyl sites for hydroxylation is 1. The Morgan fingerprint density at radius 1 is 1.00 bits per heavy atom. The molecular formula is C26H30FO2P. The molecule has 2 unspecified atom stereocenters. The van der Waals surface area contributed by atoms with Crippen molar-refractivity contribution in [2.75, 3.05) is 7.11 Å². The van der Waals surface area contributed by atoms with Gasteiger partial charge >= 0.3 is 0 Å². The molecule has 3 aromatic rings. The fourth-order valence-electron chi connectivity index (χ4n) is 3.71. The first-order valence-corrected chi connectivity index (χ1v) is 11.3. The summed E-state index contributed by atoms with van der Waals surface area (Å²) in [4.78, 5) is 0. The predicted octanol–water partition coefficient (Wildman–Crippen LogP) is 6.74. The molecule has 0 spiro atoms. The van der Waals surface area contributed by atoms with Crippen LogP contribution in [0.2, 0.25) is 0 Å². The number of ether oxygens (including phenoxy) is 2. The lowest BCUT2D eigenvalue weighted by molar-refractivity contribution is 0.298. The van der Waals surface area contributed by atoms with Crippen molar-refractivity contribution < 1.29 is 13.9 Å². The van der Waals surface area contributed by atoms with E-state index in [0.717, 1.165) is 46.3 Å². The molecule has 4 heteroatoms. The highest BCUT2D eigenvalue weighted by atomic mass is 31.1. The van der Waals surface area contributed by atoms with Crippen LogP contribution in [-0.2, 0) is 11.8 Å². The minimum Gasteiger partial charge on any atom is -0.497 e. The van der Waals surface area contributed by atoms with Crippen molar-refractivity contribution in [2.45, 2.75) is 45.4 Å². The summed E-state index contributed by atoms with van der Waals surface area (Å²) >= 11 is 0. The average Bonchev–Trinajstić information content (AvgIpc) is 2.75. The van der Waals surface area contributed by atoms with Crippen molar-refractivity contribution >= 4 is 13.9 Å². The van der Waals surface area contributed by atoms with E-state index in [1.54, 1.807) is 13.2 Å². The molecule has 0 fully saturated rings. The van der Waals surface area contributed by atoms with Gasteiger partial charge in [0.05, 0.1) is 7.11 Å². The standard InChI is InChI=1S/C26H30FO2P/c1-5-15-26(3,30-25-14-11-19(2)16-23(25)27)22-17-21(28-4)12-13-24(22)29-18-20-9-7-6-8-10-20/h6-14,16-17,30H,5,15,18H2,1-4H3. The minimum absolute atomic E-state index is 0.134. The first-order valence-electron chi connectivity index (χ1n) is 10.3. The maximum Gasteiger partial charge on any atom is 0.130 e. The zero-order valence-electron chi connectivity index (χ0n) is 18.2. The van der Waals surface area contributed by atoms with Crippen LogP contribution in [0, 0.1) is 12.7 Å². The Labute approximate surface area is 181 Å². The number of hydrogen-bond acceptors (Lipinski definition) is 2. The predicted molar refractivity (Wildman–Crippen MR) is 125 cm³/mol. The van der Waals surface area contributed by atoms with Crippen molar-refractivity contribution in [3.8, 4) is 11.5 Å². The maximum atomic E-state index is 14.7. The van der Waals surface area contributed by atoms with Gasteiger partial charge in [-0.2, -0.15) is 0 Å². The highest BCUT2D eigenvalue weighted by Crippen LogP contribution is 2.49. The zero-order valence-corrected chi connectivity index (χ0v) is 19.2. The second kappa shape index (κ2) is 10.1. The molecule has 0 radical (unpaired) electrons. The Balaban J connectivity index is 1.98. The molecule has 0 aliphatic rings. The van der Waals surface area contributed by atoms with E-state index in [9.17, 15) is 4.39 Å². The van der Waals surface area contributed by atoms with Crippen LogP contribution in [0.5, 0.6) is 11.5 Å².